The minimum atomic E-state index is -0.155. The quantitative estimate of drug-likeness (QED) is 0.338. The summed E-state index contributed by atoms with van der Waals surface area (Å²) in [7, 11) is 0. The van der Waals surface area contributed by atoms with Gasteiger partial charge in [0.25, 0.3) is 0 Å². The van der Waals surface area contributed by atoms with E-state index >= 15 is 0 Å². The number of nitrogens with one attached hydrogen (secondary N) is 1. The number of aliphatic imine (C=N–C) groups is 1. The number of carbonyl (C=O) groups is 1. The molecule has 4 atom stereocenters. The number of amides is 1. The largest absolute Gasteiger partial charge is 0.391 e. The minimum Gasteiger partial charge on any atom is -0.391 e. The molecule has 2 aromatic rings. The van der Waals surface area contributed by atoms with Gasteiger partial charge in [-0.2, -0.15) is 5.90 Å². The molecular weight excluding hydrogens is 434 g/mol. The molecule has 3 N–H and O–H groups in total. The van der Waals surface area contributed by atoms with E-state index in [0.717, 1.165) is 36.3 Å². The summed E-state index contributed by atoms with van der Waals surface area (Å²) in [5.74, 6) is 7.03. The Balaban J connectivity index is 0.000000374. The summed E-state index contributed by atoms with van der Waals surface area (Å²) in [4.78, 5) is 21.8. The number of carbonyl (C=O) groups excluding carboxylic acids is 1. The number of aryl methyl sites for hydroxylation is 1. The Bertz CT molecular complexity index is 979. The molecule has 0 bridgehead atoms. The molecule has 1 saturated carbocycles. The molecule has 1 saturated heterocycles. The monoisotopic (exact) mass is 469 g/mol. The first-order valence-electron chi connectivity index (χ1n) is 11.9. The third kappa shape index (κ3) is 5.42. The number of hydrogen-bond acceptors (Lipinski definition) is 4. The van der Waals surface area contributed by atoms with Crippen LogP contribution >= 0.6 is 11.6 Å². The first-order valence-corrected chi connectivity index (χ1v) is 12.3. The number of nitrogens with two attached hydrogens (primary N) is 1. The predicted molar refractivity (Wildman–Crippen MR) is 135 cm³/mol. The van der Waals surface area contributed by atoms with Gasteiger partial charge in [0.05, 0.1) is 5.41 Å². The molecule has 6 heteroatoms. The molecule has 0 aromatic heterocycles. The standard InChI is InChI=1S/C21H31N3O2.C6H5Cl/c1-5-21-10-9-15(12-18(21)14(4)24-20(21)25)17-8-7-16(11-13(17)3)19(26-22)23-6-2;7-6-4-2-1-3-5-6/h7-8,11,14-15,18H,5-6,9-10,12,22H2,1-4H3,(H,24,25);1-5H. The number of halogens is 1. The number of nitrogens with zero attached hydrogens (tertiary/aromatic N) is 1. The van der Waals surface area contributed by atoms with E-state index in [-0.39, 0.29) is 17.4 Å². The van der Waals surface area contributed by atoms with E-state index in [2.05, 4.69) is 43.2 Å². The lowest BCUT2D eigenvalue weighted by atomic mass is 9.60. The van der Waals surface area contributed by atoms with Crippen LogP contribution in [-0.2, 0) is 9.63 Å². The number of rotatable bonds is 4. The molecule has 0 radical (unpaired) electrons. The van der Waals surface area contributed by atoms with Crippen LogP contribution in [0, 0.1) is 18.3 Å². The fourth-order valence-electron chi connectivity index (χ4n) is 5.59. The molecule has 2 fully saturated rings. The Morgan fingerprint density at radius 1 is 1.24 bits per heavy atom. The number of fused-ring (bicyclic) bond motifs is 1. The van der Waals surface area contributed by atoms with Crippen molar-refractivity contribution < 1.29 is 9.63 Å². The molecule has 4 rings (SSSR count). The highest BCUT2D eigenvalue weighted by atomic mass is 35.5. The summed E-state index contributed by atoms with van der Waals surface area (Å²) in [6, 6.07) is 16.1. The molecule has 2 aromatic carbocycles. The second kappa shape index (κ2) is 11.2. The normalized spacial score (nSPS) is 26.7. The Morgan fingerprint density at radius 3 is 2.52 bits per heavy atom. The second-order valence-corrected chi connectivity index (χ2v) is 9.55. The molecule has 2 aliphatic rings. The van der Waals surface area contributed by atoms with E-state index in [9.17, 15) is 4.79 Å². The van der Waals surface area contributed by atoms with Gasteiger partial charge < -0.3 is 10.2 Å². The Labute approximate surface area is 202 Å². The predicted octanol–water partition coefficient (Wildman–Crippen LogP) is 5.79. The highest BCUT2D eigenvalue weighted by Gasteiger charge is 2.54. The highest BCUT2D eigenvalue weighted by Crippen LogP contribution is 2.53. The van der Waals surface area contributed by atoms with Gasteiger partial charge in [0.2, 0.25) is 11.8 Å². The maximum absolute atomic E-state index is 12.5. The molecule has 178 valence electrons. The van der Waals surface area contributed by atoms with Gasteiger partial charge in [0.1, 0.15) is 0 Å². The fraction of sp³-hybridized carbons (Fsp3) is 0.481. The summed E-state index contributed by atoms with van der Waals surface area (Å²) in [5, 5.41) is 3.99. The average molecular weight is 470 g/mol. The molecule has 1 aliphatic carbocycles. The molecule has 0 spiro atoms. The van der Waals surface area contributed by atoms with E-state index in [0.29, 0.717) is 24.3 Å². The molecule has 1 heterocycles. The second-order valence-electron chi connectivity index (χ2n) is 9.11. The van der Waals surface area contributed by atoms with Crippen LogP contribution in [0.15, 0.2) is 53.5 Å². The van der Waals surface area contributed by atoms with Gasteiger partial charge in [-0.3, -0.25) is 4.79 Å². The Morgan fingerprint density at radius 2 is 1.97 bits per heavy atom. The van der Waals surface area contributed by atoms with Crippen molar-refractivity contribution >= 4 is 23.4 Å². The van der Waals surface area contributed by atoms with Crippen molar-refractivity contribution in [3.8, 4) is 0 Å². The fourth-order valence-corrected chi connectivity index (χ4v) is 5.73. The summed E-state index contributed by atoms with van der Waals surface area (Å²) in [6.07, 6.45) is 4.04. The lowest BCUT2D eigenvalue weighted by molar-refractivity contribution is -0.130. The topological polar surface area (TPSA) is 76.7 Å². The van der Waals surface area contributed by atoms with Gasteiger partial charge >= 0.3 is 0 Å². The van der Waals surface area contributed by atoms with Crippen LogP contribution in [0.4, 0.5) is 0 Å². The van der Waals surface area contributed by atoms with Crippen LogP contribution in [0.25, 0.3) is 0 Å². The Kier molecular flexibility index (Phi) is 8.55. The van der Waals surface area contributed by atoms with Crippen LogP contribution in [-0.4, -0.2) is 24.4 Å². The van der Waals surface area contributed by atoms with E-state index < -0.39 is 0 Å². The third-order valence-corrected chi connectivity index (χ3v) is 7.59. The summed E-state index contributed by atoms with van der Waals surface area (Å²) >= 11 is 5.54. The van der Waals surface area contributed by atoms with Crippen molar-refractivity contribution in [3.63, 3.8) is 0 Å². The summed E-state index contributed by atoms with van der Waals surface area (Å²) in [6.45, 7) is 9.05. The van der Waals surface area contributed by atoms with E-state index in [1.807, 2.05) is 43.3 Å². The zero-order valence-electron chi connectivity index (χ0n) is 20.1. The smallest absolute Gasteiger partial charge is 0.240 e. The third-order valence-electron chi connectivity index (χ3n) is 7.34. The van der Waals surface area contributed by atoms with E-state index in [4.69, 9.17) is 22.3 Å². The number of hydrogen-bond donors (Lipinski definition) is 2. The van der Waals surface area contributed by atoms with Crippen LogP contribution in [0.5, 0.6) is 0 Å². The van der Waals surface area contributed by atoms with Gasteiger partial charge in [-0.25, -0.2) is 4.99 Å². The van der Waals surface area contributed by atoms with Crippen molar-refractivity contribution in [2.75, 3.05) is 6.54 Å². The van der Waals surface area contributed by atoms with Crippen molar-refractivity contribution in [3.05, 3.63) is 70.2 Å². The van der Waals surface area contributed by atoms with Crippen molar-refractivity contribution in [2.45, 2.75) is 65.3 Å². The molecule has 1 amide bonds. The van der Waals surface area contributed by atoms with Crippen LogP contribution in [0.1, 0.15) is 69.1 Å². The summed E-state index contributed by atoms with van der Waals surface area (Å²) in [5.41, 5.74) is 3.37. The molecule has 5 nitrogen and oxygen atoms in total. The van der Waals surface area contributed by atoms with Crippen LogP contribution < -0.4 is 11.2 Å². The first kappa shape index (κ1) is 25.3. The van der Waals surface area contributed by atoms with E-state index in [1.165, 1.54) is 11.1 Å². The molecule has 33 heavy (non-hydrogen) atoms. The lowest BCUT2D eigenvalue weighted by Crippen LogP contribution is -2.39. The molecular formula is C27H36ClN3O2. The van der Waals surface area contributed by atoms with Gasteiger partial charge in [0.15, 0.2) is 0 Å². The Hall–Kier alpha value is -2.37. The van der Waals surface area contributed by atoms with Gasteiger partial charge in [-0.15, -0.1) is 0 Å². The SMILES string of the molecule is CCN=C(ON)c1ccc(C2CCC3(CC)C(=O)NC(C)C3C2)c(C)c1.Clc1ccccc1. The average Bonchev–Trinajstić information content (AvgIpc) is 3.07. The highest BCUT2D eigenvalue weighted by molar-refractivity contribution is 6.30. The van der Waals surface area contributed by atoms with Crippen LogP contribution in [0.2, 0.25) is 5.02 Å². The lowest BCUT2D eigenvalue weighted by Gasteiger charge is -2.41. The number of benzene rings is 2. The zero-order chi connectivity index (χ0) is 24.0. The van der Waals surface area contributed by atoms with Crippen molar-refractivity contribution in [1.82, 2.24) is 5.32 Å². The first-order chi connectivity index (χ1) is 15.9. The molecule has 1 aliphatic heterocycles. The van der Waals surface area contributed by atoms with Crippen molar-refractivity contribution in [2.24, 2.45) is 22.2 Å². The molecule has 4 unspecified atom stereocenters. The maximum Gasteiger partial charge on any atom is 0.240 e. The summed E-state index contributed by atoms with van der Waals surface area (Å²) < 4.78 is 0. The minimum absolute atomic E-state index is 0.155. The van der Waals surface area contributed by atoms with E-state index in [1.54, 1.807) is 0 Å². The van der Waals surface area contributed by atoms with Gasteiger partial charge in [-0.05, 0) is 93.7 Å². The van der Waals surface area contributed by atoms with Gasteiger partial charge in [0, 0.05) is 23.2 Å². The van der Waals surface area contributed by atoms with Crippen molar-refractivity contribution in [1.29, 1.82) is 0 Å². The zero-order valence-corrected chi connectivity index (χ0v) is 20.9. The van der Waals surface area contributed by atoms with Crippen LogP contribution in [0.3, 0.4) is 0 Å². The van der Waals surface area contributed by atoms with Gasteiger partial charge in [-0.1, -0.05) is 42.8 Å². The maximum atomic E-state index is 12.5.